The number of pyridine rings is 1. The summed E-state index contributed by atoms with van der Waals surface area (Å²) in [6, 6.07) is 1.96. The molecule has 2 heterocycles. The number of anilines is 1. The summed E-state index contributed by atoms with van der Waals surface area (Å²) in [6.07, 6.45) is 2.77. The lowest BCUT2D eigenvalue weighted by Gasteiger charge is -2.06. The normalized spacial score (nSPS) is 13.2. The van der Waals surface area contributed by atoms with Gasteiger partial charge in [-0.25, -0.2) is 4.98 Å². The van der Waals surface area contributed by atoms with E-state index >= 15 is 0 Å². The molecular weight excluding hydrogens is 178 g/mol. The van der Waals surface area contributed by atoms with E-state index in [0.29, 0.717) is 6.54 Å². The van der Waals surface area contributed by atoms with Crippen molar-refractivity contribution in [1.29, 1.82) is 0 Å². The molecule has 0 aliphatic carbocycles. The Balaban J connectivity index is 2.17. The van der Waals surface area contributed by atoms with Crippen molar-refractivity contribution in [3.05, 3.63) is 23.4 Å². The minimum atomic E-state index is 0.00141. The van der Waals surface area contributed by atoms with Crippen LogP contribution < -0.4 is 10.6 Å². The molecule has 2 rings (SSSR count). The molecule has 0 spiro atoms. The van der Waals surface area contributed by atoms with E-state index in [1.165, 1.54) is 12.5 Å². The van der Waals surface area contributed by atoms with E-state index in [9.17, 15) is 4.79 Å². The summed E-state index contributed by atoms with van der Waals surface area (Å²) >= 11 is 0. The van der Waals surface area contributed by atoms with Gasteiger partial charge in [0.2, 0.25) is 5.91 Å². The Bertz CT molecular complexity index is 362. The molecule has 4 nitrogen and oxygen atoms in total. The molecule has 1 aromatic rings. The summed E-state index contributed by atoms with van der Waals surface area (Å²) in [5.41, 5.74) is 2.40. The summed E-state index contributed by atoms with van der Waals surface area (Å²) in [5, 5.41) is 6.00. The number of aromatic nitrogens is 1. The predicted molar refractivity (Wildman–Crippen MR) is 54.0 cm³/mol. The third-order valence-corrected chi connectivity index (χ3v) is 2.35. The Labute approximate surface area is 82.7 Å². The maximum atomic E-state index is 10.8. The van der Waals surface area contributed by atoms with Crippen molar-refractivity contribution in [2.75, 3.05) is 11.9 Å². The van der Waals surface area contributed by atoms with Gasteiger partial charge in [-0.2, -0.15) is 0 Å². The number of carbonyl (C=O) groups is 1. The maximum Gasteiger partial charge on any atom is 0.217 e. The maximum absolute atomic E-state index is 10.8. The summed E-state index contributed by atoms with van der Waals surface area (Å²) < 4.78 is 0. The highest BCUT2D eigenvalue weighted by molar-refractivity contribution is 5.73. The van der Waals surface area contributed by atoms with E-state index < -0.39 is 0 Å². The molecule has 1 aliphatic heterocycles. The van der Waals surface area contributed by atoms with Crippen LogP contribution in [0, 0.1) is 0 Å². The number of fused-ring (bicyclic) bond motifs is 1. The fourth-order valence-corrected chi connectivity index (χ4v) is 1.65. The molecule has 0 unspecified atom stereocenters. The molecule has 2 N–H and O–H groups in total. The molecule has 1 aromatic heterocycles. The van der Waals surface area contributed by atoms with Gasteiger partial charge >= 0.3 is 0 Å². The number of hydrogen-bond donors (Lipinski definition) is 2. The molecule has 0 bridgehead atoms. The molecule has 0 aromatic carbocycles. The van der Waals surface area contributed by atoms with Gasteiger partial charge in [0, 0.05) is 31.8 Å². The van der Waals surface area contributed by atoms with Crippen LogP contribution in [0.3, 0.4) is 0 Å². The first kappa shape index (κ1) is 8.99. The third kappa shape index (κ3) is 1.69. The predicted octanol–water partition coefficient (Wildman–Crippen LogP) is 0.686. The van der Waals surface area contributed by atoms with Gasteiger partial charge in [-0.15, -0.1) is 0 Å². The number of amides is 1. The van der Waals surface area contributed by atoms with Crippen molar-refractivity contribution in [3.8, 4) is 0 Å². The van der Waals surface area contributed by atoms with E-state index in [4.69, 9.17) is 0 Å². The number of nitrogens with zero attached hydrogens (tertiary/aromatic N) is 1. The third-order valence-electron chi connectivity index (χ3n) is 2.35. The molecule has 4 heteroatoms. The summed E-state index contributed by atoms with van der Waals surface area (Å²) in [5.74, 6) is 0.967. The molecule has 1 aliphatic rings. The number of nitrogens with one attached hydrogen (secondary N) is 2. The van der Waals surface area contributed by atoms with Gasteiger partial charge in [-0.05, 0) is 18.1 Å². The van der Waals surface area contributed by atoms with Crippen LogP contribution in [0.25, 0.3) is 0 Å². The first-order chi connectivity index (χ1) is 6.77. The zero-order valence-corrected chi connectivity index (χ0v) is 8.13. The minimum Gasteiger partial charge on any atom is -0.370 e. The molecule has 1 amide bonds. The Kier molecular flexibility index (Phi) is 2.35. The van der Waals surface area contributed by atoms with Crippen LogP contribution in [0.5, 0.6) is 0 Å². The Hall–Kier alpha value is -1.58. The summed E-state index contributed by atoms with van der Waals surface area (Å²) in [7, 11) is 0. The van der Waals surface area contributed by atoms with Crippen LogP contribution >= 0.6 is 0 Å². The molecule has 0 saturated carbocycles. The Morgan fingerprint density at radius 1 is 1.71 bits per heavy atom. The molecule has 14 heavy (non-hydrogen) atoms. The molecule has 0 saturated heterocycles. The van der Waals surface area contributed by atoms with Gasteiger partial charge in [-0.1, -0.05) is 0 Å². The molecule has 0 fully saturated rings. The SMILES string of the molecule is CC(=O)NCc1ccnc2c1CCN2. The zero-order valence-electron chi connectivity index (χ0n) is 8.13. The van der Waals surface area contributed by atoms with Crippen molar-refractivity contribution in [3.63, 3.8) is 0 Å². The monoisotopic (exact) mass is 191 g/mol. The highest BCUT2D eigenvalue weighted by Gasteiger charge is 2.14. The van der Waals surface area contributed by atoms with E-state index in [1.54, 1.807) is 6.20 Å². The first-order valence-corrected chi connectivity index (χ1v) is 4.72. The average molecular weight is 191 g/mol. The van der Waals surface area contributed by atoms with Gasteiger partial charge in [0.15, 0.2) is 0 Å². The van der Waals surface area contributed by atoms with Crippen molar-refractivity contribution in [2.45, 2.75) is 19.9 Å². The zero-order chi connectivity index (χ0) is 9.97. The summed E-state index contributed by atoms with van der Waals surface area (Å²) in [6.45, 7) is 3.07. The fraction of sp³-hybridized carbons (Fsp3) is 0.400. The van der Waals surface area contributed by atoms with Gasteiger partial charge in [-0.3, -0.25) is 4.79 Å². The molecule has 0 radical (unpaired) electrons. The Morgan fingerprint density at radius 2 is 2.57 bits per heavy atom. The van der Waals surface area contributed by atoms with Crippen molar-refractivity contribution in [1.82, 2.24) is 10.3 Å². The minimum absolute atomic E-state index is 0.00141. The van der Waals surface area contributed by atoms with Crippen LogP contribution in [-0.4, -0.2) is 17.4 Å². The van der Waals surface area contributed by atoms with Crippen LogP contribution in [-0.2, 0) is 17.8 Å². The number of carbonyl (C=O) groups excluding carboxylic acids is 1. The second kappa shape index (κ2) is 3.65. The van der Waals surface area contributed by atoms with E-state index in [2.05, 4.69) is 15.6 Å². The van der Waals surface area contributed by atoms with Gasteiger partial charge in [0.25, 0.3) is 0 Å². The van der Waals surface area contributed by atoms with E-state index in [0.717, 1.165) is 24.3 Å². The second-order valence-corrected chi connectivity index (χ2v) is 3.38. The van der Waals surface area contributed by atoms with E-state index in [-0.39, 0.29) is 5.91 Å². The smallest absolute Gasteiger partial charge is 0.217 e. The topological polar surface area (TPSA) is 54.0 Å². The number of rotatable bonds is 2. The first-order valence-electron chi connectivity index (χ1n) is 4.72. The van der Waals surface area contributed by atoms with Crippen LogP contribution in [0.2, 0.25) is 0 Å². The lowest BCUT2D eigenvalue weighted by molar-refractivity contribution is -0.119. The average Bonchev–Trinajstić information content (AvgIpc) is 2.62. The fourth-order valence-electron chi connectivity index (χ4n) is 1.65. The van der Waals surface area contributed by atoms with Crippen LogP contribution in [0.1, 0.15) is 18.1 Å². The molecule has 74 valence electrons. The standard InChI is InChI=1S/C10H13N3O/c1-7(14)13-6-8-2-4-11-10-9(8)3-5-12-10/h2,4H,3,5-6H2,1H3,(H,11,12)(H,13,14). The van der Waals surface area contributed by atoms with Crippen molar-refractivity contribution >= 4 is 11.7 Å². The largest absolute Gasteiger partial charge is 0.370 e. The van der Waals surface area contributed by atoms with Crippen molar-refractivity contribution in [2.24, 2.45) is 0 Å². The molecular formula is C10H13N3O. The number of hydrogen-bond acceptors (Lipinski definition) is 3. The van der Waals surface area contributed by atoms with Crippen LogP contribution in [0.4, 0.5) is 5.82 Å². The van der Waals surface area contributed by atoms with Gasteiger partial charge < -0.3 is 10.6 Å². The lowest BCUT2D eigenvalue weighted by atomic mass is 10.1. The Morgan fingerprint density at radius 3 is 3.36 bits per heavy atom. The van der Waals surface area contributed by atoms with Crippen LogP contribution in [0.15, 0.2) is 12.3 Å². The van der Waals surface area contributed by atoms with Gasteiger partial charge in [0.05, 0.1) is 0 Å². The quantitative estimate of drug-likeness (QED) is 0.723. The highest BCUT2D eigenvalue weighted by Crippen LogP contribution is 2.22. The lowest BCUT2D eigenvalue weighted by Crippen LogP contribution is -2.19. The van der Waals surface area contributed by atoms with Gasteiger partial charge in [0.1, 0.15) is 5.82 Å². The highest BCUT2D eigenvalue weighted by atomic mass is 16.1. The second-order valence-electron chi connectivity index (χ2n) is 3.38. The summed E-state index contributed by atoms with van der Waals surface area (Å²) in [4.78, 5) is 15.0. The van der Waals surface area contributed by atoms with Crippen molar-refractivity contribution < 1.29 is 4.79 Å². The van der Waals surface area contributed by atoms with E-state index in [1.807, 2.05) is 6.07 Å². The molecule has 0 atom stereocenters.